The topological polar surface area (TPSA) is 53.0 Å². The van der Waals surface area contributed by atoms with E-state index in [4.69, 9.17) is 17.3 Å². The van der Waals surface area contributed by atoms with Gasteiger partial charge in [0.1, 0.15) is 0 Å². The molecule has 0 spiro atoms. The molecule has 0 saturated heterocycles. The Kier molecular flexibility index (Phi) is 2.61. The maximum absolute atomic E-state index is 12.3. The fourth-order valence-electron chi connectivity index (χ4n) is 2.21. The van der Waals surface area contributed by atoms with Gasteiger partial charge >= 0.3 is 5.69 Å². The molecular weight excluding hydrogens is 262 g/mol. The van der Waals surface area contributed by atoms with Gasteiger partial charge < -0.3 is 5.73 Å². The average molecular weight is 274 g/mol. The van der Waals surface area contributed by atoms with E-state index in [1.165, 1.54) is 0 Å². The average Bonchev–Trinajstić information content (AvgIpc) is 2.66. The SMILES string of the molecule is Cn1c(=O)n(-c2ccc(Cl)c(N)c2)c2ccccc21. The first-order valence-corrected chi connectivity index (χ1v) is 6.19. The number of halogens is 1. The van der Waals surface area contributed by atoms with Crippen LogP contribution < -0.4 is 11.4 Å². The third-order valence-corrected chi connectivity index (χ3v) is 3.54. The number of fused-ring (bicyclic) bond motifs is 1. The smallest absolute Gasteiger partial charge is 0.333 e. The summed E-state index contributed by atoms with van der Waals surface area (Å²) in [4.78, 5) is 12.3. The zero-order valence-electron chi connectivity index (χ0n) is 10.3. The molecule has 0 radical (unpaired) electrons. The van der Waals surface area contributed by atoms with E-state index in [0.29, 0.717) is 16.4 Å². The standard InChI is InChI=1S/C14H12ClN3O/c1-17-12-4-2-3-5-13(12)18(14(17)19)9-6-7-10(15)11(16)8-9/h2-8H,16H2,1H3. The molecule has 2 aromatic carbocycles. The highest BCUT2D eigenvalue weighted by atomic mass is 35.5. The number of anilines is 1. The second-order valence-electron chi connectivity index (χ2n) is 4.37. The van der Waals surface area contributed by atoms with Crippen LogP contribution in [0.1, 0.15) is 0 Å². The van der Waals surface area contributed by atoms with Gasteiger partial charge in [0.2, 0.25) is 0 Å². The summed E-state index contributed by atoms with van der Waals surface area (Å²) in [7, 11) is 1.75. The van der Waals surface area contributed by atoms with Crippen molar-refractivity contribution < 1.29 is 0 Å². The van der Waals surface area contributed by atoms with Crippen LogP contribution >= 0.6 is 11.6 Å². The lowest BCUT2D eigenvalue weighted by Gasteiger charge is -2.05. The summed E-state index contributed by atoms with van der Waals surface area (Å²) >= 11 is 5.91. The predicted octanol–water partition coefficient (Wildman–Crippen LogP) is 2.56. The minimum absolute atomic E-state index is 0.108. The number of nitrogen functional groups attached to an aromatic ring is 1. The van der Waals surface area contributed by atoms with Crippen molar-refractivity contribution in [1.82, 2.24) is 9.13 Å². The van der Waals surface area contributed by atoms with Crippen LogP contribution in [0, 0.1) is 0 Å². The first kappa shape index (κ1) is 11.9. The zero-order chi connectivity index (χ0) is 13.6. The van der Waals surface area contributed by atoms with E-state index in [-0.39, 0.29) is 5.69 Å². The van der Waals surface area contributed by atoms with Gasteiger partial charge in [0, 0.05) is 7.05 Å². The molecule has 0 amide bonds. The molecule has 1 heterocycles. The van der Waals surface area contributed by atoms with Gasteiger partial charge in [-0.2, -0.15) is 0 Å². The number of benzene rings is 2. The number of imidazole rings is 1. The summed E-state index contributed by atoms with van der Waals surface area (Å²) in [5, 5.41) is 0.483. The van der Waals surface area contributed by atoms with E-state index in [1.807, 2.05) is 24.3 Å². The van der Waals surface area contributed by atoms with Crippen molar-refractivity contribution >= 4 is 28.3 Å². The molecule has 0 aliphatic carbocycles. The molecule has 96 valence electrons. The summed E-state index contributed by atoms with van der Waals surface area (Å²) in [6.45, 7) is 0. The monoisotopic (exact) mass is 273 g/mol. The first-order chi connectivity index (χ1) is 9.09. The zero-order valence-corrected chi connectivity index (χ0v) is 11.1. The van der Waals surface area contributed by atoms with Crippen molar-refractivity contribution in [2.45, 2.75) is 0 Å². The van der Waals surface area contributed by atoms with Crippen molar-refractivity contribution in [2.24, 2.45) is 7.05 Å². The van der Waals surface area contributed by atoms with Crippen LogP contribution in [0.2, 0.25) is 5.02 Å². The lowest BCUT2D eigenvalue weighted by Crippen LogP contribution is -2.20. The molecule has 0 unspecified atom stereocenters. The lowest BCUT2D eigenvalue weighted by atomic mass is 10.2. The summed E-state index contributed by atoms with van der Waals surface area (Å²) in [5.41, 5.74) is 8.59. The number of rotatable bonds is 1. The van der Waals surface area contributed by atoms with Gasteiger partial charge in [0.05, 0.1) is 27.4 Å². The van der Waals surface area contributed by atoms with Crippen LogP contribution in [-0.2, 0) is 7.05 Å². The third-order valence-electron chi connectivity index (χ3n) is 3.20. The minimum atomic E-state index is -0.108. The fraction of sp³-hybridized carbons (Fsp3) is 0.0714. The van der Waals surface area contributed by atoms with Gasteiger partial charge in [-0.1, -0.05) is 23.7 Å². The third kappa shape index (κ3) is 1.72. The molecule has 2 N–H and O–H groups in total. The van der Waals surface area contributed by atoms with Crippen molar-refractivity contribution in [2.75, 3.05) is 5.73 Å². The highest BCUT2D eigenvalue weighted by molar-refractivity contribution is 6.33. The number of aromatic nitrogens is 2. The van der Waals surface area contributed by atoms with E-state index >= 15 is 0 Å². The second kappa shape index (κ2) is 4.17. The molecule has 0 bridgehead atoms. The minimum Gasteiger partial charge on any atom is -0.397 e. The van der Waals surface area contributed by atoms with E-state index in [2.05, 4.69) is 0 Å². The molecule has 3 rings (SSSR count). The number of nitrogens with two attached hydrogens (primary N) is 1. The highest BCUT2D eigenvalue weighted by Gasteiger charge is 2.12. The van der Waals surface area contributed by atoms with Crippen molar-refractivity contribution in [3.8, 4) is 5.69 Å². The Hall–Kier alpha value is -2.20. The van der Waals surface area contributed by atoms with Crippen LogP contribution in [0.5, 0.6) is 0 Å². The van der Waals surface area contributed by atoms with Gasteiger partial charge in [0.15, 0.2) is 0 Å². The predicted molar refractivity (Wildman–Crippen MR) is 77.9 cm³/mol. The van der Waals surface area contributed by atoms with E-state index in [0.717, 1.165) is 11.0 Å². The van der Waals surface area contributed by atoms with Gasteiger partial charge in [-0.25, -0.2) is 4.79 Å². The Morgan fingerprint density at radius 3 is 2.47 bits per heavy atom. The molecule has 0 aliphatic rings. The van der Waals surface area contributed by atoms with E-state index in [1.54, 1.807) is 34.4 Å². The van der Waals surface area contributed by atoms with Gasteiger partial charge in [-0.3, -0.25) is 9.13 Å². The Labute approximate surface area is 114 Å². The number of para-hydroxylation sites is 2. The number of hydrogen-bond donors (Lipinski definition) is 1. The van der Waals surface area contributed by atoms with Gasteiger partial charge in [0.25, 0.3) is 0 Å². The summed E-state index contributed by atoms with van der Waals surface area (Å²) in [6.07, 6.45) is 0. The molecule has 3 aromatic rings. The molecule has 19 heavy (non-hydrogen) atoms. The molecule has 5 heteroatoms. The first-order valence-electron chi connectivity index (χ1n) is 5.81. The van der Waals surface area contributed by atoms with E-state index in [9.17, 15) is 4.79 Å². The van der Waals surface area contributed by atoms with Crippen molar-refractivity contribution in [3.05, 3.63) is 58.0 Å². The van der Waals surface area contributed by atoms with Crippen LogP contribution in [0.25, 0.3) is 16.7 Å². The Bertz CT molecular complexity index is 832. The molecule has 0 fully saturated rings. The number of aryl methyl sites for hydroxylation is 1. The summed E-state index contributed by atoms with van der Waals surface area (Å²) in [6, 6.07) is 12.8. The molecular formula is C14H12ClN3O. The summed E-state index contributed by atoms with van der Waals surface area (Å²) < 4.78 is 3.24. The number of hydrogen-bond acceptors (Lipinski definition) is 2. The molecule has 4 nitrogen and oxygen atoms in total. The maximum Gasteiger partial charge on any atom is 0.333 e. The Morgan fingerprint density at radius 2 is 1.79 bits per heavy atom. The lowest BCUT2D eigenvalue weighted by molar-refractivity contribution is 0.846. The summed E-state index contributed by atoms with van der Waals surface area (Å²) in [5.74, 6) is 0. The van der Waals surface area contributed by atoms with Crippen molar-refractivity contribution in [1.29, 1.82) is 0 Å². The Balaban J connectivity index is 2.39. The van der Waals surface area contributed by atoms with Gasteiger partial charge in [-0.05, 0) is 30.3 Å². The maximum atomic E-state index is 12.3. The van der Waals surface area contributed by atoms with Crippen LogP contribution in [0.4, 0.5) is 5.69 Å². The number of nitrogens with zero attached hydrogens (tertiary/aromatic N) is 2. The van der Waals surface area contributed by atoms with Crippen LogP contribution in [0.15, 0.2) is 47.3 Å². The van der Waals surface area contributed by atoms with Crippen LogP contribution in [0.3, 0.4) is 0 Å². The molecule has 0 atom stereocenters. The van der Waals surface area contributed by atoms with E-state index < -0.39 is 0 Å². The van der Waals surface area contributed by atoms with Crippen molar-refractivity contribution in [3.63, 3.8) is 0 Å². The highest BCUT2D eigenvalue weighted by Crippen LogP contribution is 2.23. The Morgan fingerprint density at radius 1 is 1.11 bits per heavy atom. The molecule has 0 saturated carbocycles. The quantitative estimate of drug-likeness (QED) is 0.693. The molecule has 0 aliphatic heterocycles. The largest absolute Gasteiger partial charge is 0.397 e. The van der Waals surface area contributed by atoms with Crippen LogP contribution in [-0.4, -0.2) is 9.13 Å². The fourth-order valence-corrected chi connectivity index (χ4v) is 2.33. The second-order valence-corrected chi connectivity index (χ2v) is 4.78. The molecule has 1 aromatic heterocycles. The normalized spacial score (nSPS) is 11.1. The van der Waals surface area contributed by atoms with Gasteiger partial charge in [-0.15, -0.1) is 0 Å².